The second-order valence-electron chi connectivity index (χ2n) is 5.90. The minimum absolute atomic E-state index is 0.0286. The highest BCUT2D eigenvalue weighted by atomic mass is 16.4. The van der Waals surface area contributed by atoms with Crippen LogP contribution >= 0.6 is 0 Å². The van der Waals surface area contributed by atoms with E-state index in [1.807, 2.05) is 0 Å². The lowest BCUT2D eigenvalue weighted by molar-refractivity contribution is -0.118. The Morgan fingerprint density at radius 1 is 1.29 bits per heavy atom. The van der Waals surface area contributed by atoms with Crippen LogP contribution in [0.2, 0.25) is 0 Å². The number of aromatic hydroxyl groups is 1. The number of amides is 1. The normalized spacial score (nSPS) is 22.8. The molecule has 1 amide bonds. The molecule has 21 heavy (non-hydrogen) atoms. The van der Waals surface area contributed by atoms with Crippen molar-refractivity contribution in [3.8, 4) is 5.75 Å². The molecule has 1 spiro atoms. The van der Waals surface area contributed by atoms with Crippen molar-refractivity contribution in [1.82, 2.24) is 5.32 Å². The van der Waals surface area contributed by atoms with Crippen LogP contribution in [0.25, 0.3) is 0 Å². The number of carboxylic acids is 1. The molecule has 6 heteroatoms. The number of carbonyl (C=O) groups is 2. The third-order valence-corrected chi connectivity index (χ3v) is 4.60. The van der Waals surface area contributed by atoms with E-state index in [1.54, 1.807) is 0 Å². The highest BCUT2D eigenvalue weighted by Crippen LogP contribution is 2.58. The van der Waals surface area contributed by atoms with Crippen molar-refractivity contribution in [3.63, 3.8) is 0 Å². The summed E-state index contributed by atoms with van der Waals surface area (Å²) in [6.07, 6.45) is 2.96. The zero-order valence-electron chi connectivity index (χ0n) is 11.6. The molecular formula is C15H18N2O4. The van der Waals surface area contributed by atoms with Crippen LogP contribution in [-0.2, 0) is 4.79 Å². The van der Waals surface area contributed by atoms with Gasteiger partial charge in [-0.25, -0.2) is 4.79 Å². The van der Waals surface area contributed by atoms with Gasteiger partial charge in [-0.2, -0.15) is 0 Å². The number of nitrogens with one attached hydrogen (secondary N) is 2. The van der Waals surface area contributed by atoms with E-state index in [2.05, 4.69) is 10.6 Å². The smallest absolute Gasteiger partial charge is 0.339 e. The van der Waals surface area contributed by atoms with Crippen molar-refractivity contribution in [2.24, 2.45) is 11.3 Å². The van der Waals surface area contributed by atoms with Crippen LogP contribution < -0.4 is 10.6 Å². The van der Waals surface area contributed by atoms with Gasteiger partial charge in [0, 0.05) is 17.7 Å². The lowest BCUT2D eigenvalue weighted by atomic mass is 9.92. The van der Waals surface area contributed by atoms with E-state index in [1.165, 1.54) is 18.2 Å². The Kier molecular flexibility index (Phi) is 3.33. The number of benzene rings is 1. The molecule has 1 saturated carbocycles. The third kappa shape index (κ3) is 2.58. The van der Waals surface area contributed by atoms with Crippen molar-refractivity contribution in [3.05, 3.63) is 23.8 Å². The molecule has 1 aromatic carbocycles. The molecule has 1 atom stereocenters. The number of hydrogen-bond acceptors (Lipinski definition) is 4. The zero-order valence-corrected chi connectivity index (χ0v) is 11.6. The summed E-state index contributed by atoms with van der Waals surface area (Å²) in [4.78, 5) is 23.1. The molecule has 112 valence electrons. The molecule has 1 aromatic rings. The molecule has 1 heterocycles. The third-order valence-electron chi connectivity index (χ3n) is 4.60. The fraction of sp³-hybridized carbons (Fsp3) is 0.467. The quantitative estimate of drug-likeness (QED) is 0.675. The molecule has 2 aliphatic rings. The van der Waals surface area contributed by atoms with Gasteiger partial charge < -0.3 is 20.8 Å². The molecule has 4 N–H and O–H groups in total. The Hall–Kier alpha value is -2.08. The van der Waals surface area contributed by atoms with E-state index in [4.69, 9.17) is 5.11 Å². The average molecular weight is 290 g/mol. The van der Waals surface area contributed by atoms with Crippen molar-refractivity contribution < 1.29 is 19.8 Å². The summed E-state index contributed by atoms with van der Waals surface area (Å²) in [5.41, 5.74) is 0.408. The number of phenols is 1. The fourth-order valence-electron chi connectivity index (χ4n) is 3.22. The zero-order chi connectivity index (χ0) is 15.0. The Labute approximate surface area is 122 Å². The first-order chi connectivity index (χ1) is 10.0. The molecule has 1 saturated heterocycles. The number of carboxylic acid groups (broad SMARTS) is 1. The second-order valence-corrected chi connectivity index (χ2v) is 5.90. The largest absolute Gasteiger partial charge is 0.507 e. The average Bonchev–Trinajstić information content (AvgIpc) is 3.13. The first-order valence-corrected chi connectivity index (χ1v) is 7.10. The van der Waals surface area contributed by atoms with Gasteiger partial charge in [0.1, 0.15) is 11.3 Å². The van der Waals surface area contributed by atoms with E-state index in [-0.39, 0.29) is 28.6 Å². The highest BCUT2D eigenvalue weighted by Gasteiger charge is 2.57. The van der Waals surface area contributed by atoms with Gasteiger partial charge in [-0.1, -0.05) is 0 Å². The lowest BCUT2D eigenvalue weighted by Crippen LogP contribution is -2.31. The Bertz CT molecular complexity index is 593. The molecule has 0 aromatic heterocycles. The highest BCUT2D eigenvalue weighted by molar-refractivity contribution is 5.97. The van der Waals surface area contributed by atoms with E-state index in [9.17, 15) is 14.7 Å². The molecular weight excluding hydrogens is 272 g/mol. The maximum absolute atomic E-state index is 12.2. The predicted molar refractivity (Wildman–Crippen MR) is 76.3 cm³/mol. The van der Waals surface area contributed by atoms with Crippen molar-refractivity contribution in [2.45, 2.75) is 19.3 Å². The van der Waals surface area contributed by atoms with Gasteiger partial charge in [0.05, 0.1) is 0 Å². The standard InChI is InChI=1S/C15H18N2O4/c18-12-7-9(1-2-10(12)14(20)21)17-13(19)11-8-15(11)3-5-16-6-4-15/h1-2,7,11,16,18H,3-6,8H2,(H,17,19)(H,20,21). The van der Waals surface area contributed by atoms with E-state index in [0.29, 0.717) is 5.69 Å². The molecule has 0 radical (unpaired) electrons. The summed E-state index contributed by atoms with van der Waals surface area (Å²) in [5, 5.41) is 24.5. The van der Waals surface area contributed by atoms with Gasteiger partial charge in [0.2, 0.25) is 5.91 Å². The maximum atomic E-state index is 12.2. The Morgan fingerprint density at radius 2 is 2.00 bits per heavy atom. The van der Waals surface area contributed by atoms with Gasteiger partial charge in [-0.15, -0.1) is 0 Å². The maximum Gasteiger partial charge on any atom is 0.339 e. The van der Waals surface area contributed by atoms with Crippen LogP contribution in [0, 0.1) is 11.3 Å². The van der Waals surface area contributed by atoms with Crippen LogP contribution in [0.1, 0.15) is 29.6 Å². The van der Waals surface area contributed by atoms with Crippen LogP contribution in [-0.4, -0.2) is 35.2 Å². The second kappa shape index (κ2) is 5.04. The van der Waals surface area contributed by atoms with Gasteiger partial charge in [-0.05, 0) is 49.9 Å². The van der Waals surface area contributed by atoms with Crippen LogP contribution in [0.4, 0.5) is 5.69 Å². The van der Waals surface area contributed by atoms with E-state index >= 15 is 0 Å². The van der Waals surface area contributed by atoms with Crippen molar-refractivity contribution in [1.29, 1.82) is 0 Å². The molecule has 6 nitrogen and oxygen atoms in total. The lowest BCUT2D eigenvalue weighted by Gasteiger charge is -2.23. The number of anilines is 1. The number of aromatic carboxylic acids is 1. The molecule has 3 rings (SSSR count). The molecule has 0 bridgehead atoms. The summed E-state index contributed by atoms with van der Waals surface area (Å²) in [5.74, 6) is -1.55. The van der Waals surface area contributed by atoms with E-state index in [0.717, 1.165) is 32.4 Å². The van der Waals surface area contributed by atoms with Crippen LogP contribution in [0.3, 0.4) is 0 Å². The van der Waals surface area contributed by atoms with Gasteiger partial charge in [-0.3, -0.25) is 4.79 Å². The van der Waals surface area contributed by atoms with Crippen molar-refractivity contribution in [2.75, 3.05) is 18.4 Å². The minimum Gasteiger partial charge on any atom is -0.507 e. The van der Waals surface area contributed by atoms with Crippen LogP contribution in [0.5, 0.6) is 5.75 Å². The summed E-state index contributed by atoms with van der Waals surface area (Å²) in [6.45, 7) is 1.91. The number of piperidine rings is 1. The predicted octanol–water partition coefficient (Wildman–Crippen LogP) is 1.42. The molecule has 1 unspecified atom stereocenters. The monoisotopic (exact) mass is 290 g/mol. The minimum atomic E-state index is -1.19. The first kappa shape index (κ1) is 13.9. The Morgan fingerprint density at radius 3 is 2.62 bits per heavy atom. The first-order valence-electron chi connectivity index (χ1n) is 7.10. The van der Waals surface area contributed by atoms with E-state index < -0.39 is 5.97 Å². The fourth-order valence-corrected chi connectivity index (χ4v) is 3.22. The number of carbonyl (C=O) groups excluding carboxylic acids is 1. The molecule has 1 aliphatic carbocycles. The topological polar surface area (TPSA) is 98.7 Å². The number of rotatable bonds is 3. The summed E-state index contributed by atoms with van der Waals surface area (Å²) in [6, 6.07) is 4.07. The van der Waals surface area contributed by atoms with Gasteiger partial charge in [0.25, 0.3) is 0 Å². The summed E-state index contributed by atoms with van der Waals surface area (Å²) < 4.78 is 0. The number of hydrogen-bond donors (Lipinski definition) is 4. The van der Waals surface area contributed by atoms with Crippen LogP contribution in [0.15, 0.2) is 18.2 Å². The Balaban J connectivity index is 1.66. The SMILES string of the molecule is O=C(O)c1ccc(NC(=O)C2CC23CCNCC3)cc1O. The van der Waals surface area contributed by atoms with Crippen molar-refractivity contribution >= 4 is 17.6 Å². The molecule has 2 fully saturated rings. The van der Waals surface area contributed by atoms with Gasteiger partial charge in [0.15, 0.2) is 0 Å². The molecule has 1 aliphatic heterocycles. The summed E-state index contributed by atoms with van der Waals surface area (Å²) in [7, 11) is 0. The van der Waals surface area contributed by atoms with Gasteiger partial charge >= 0.3 is 5.97 Å². The summed E-state index contributed by atoms with van der Waals surface area (Å²) >= 11 is 0.